The number of amides is 1. The predicted molar refractivity (Wildman–Crippen MR) is 102 cm³/mol. The molecular weight excluding hydrogens is 348 g/mol. The van der Waals surface area contributed by atoms with Crippen molar-refractivity contribution in [3.63, 3.8) is 0 Å². The number of benzene rings is 2. The Kier molecular flexibility index (Phi) is 4.42. The van der Waals surface area contributed by atoms with Crippen molar-refractivity contribution in [3.05, 3.63) is 48.0 Å². The number of hydrogen-bond acceptors (Lipinski definition) is 5. The Bertz CT molecular complexity index is 974. The second kappa shape index (κ2) is 6.88. The van der Waals surface area contributed by atoms with Gasteiger partial charge in [-0.05, 0) is 61.7 Å². The number of ether oxygens (including phenoxy) is 1. The van der Waals surface area contributed by atoms with Gasteiger partial charge in [0.1, 0.15) is 5.01 Å². The van der Waals surface area contributed by atoms with Gasteiger partial charge in [0.2, 0.25) is 0 Å². The second-order valence-electron chi connectivity index (χ2n) is 6.50. The maximum atomic E-state index is 11.9. The normalized spacial score (nSPS) is 13.6. The van der Waals surface area contributed by atoms with Crippen LogP contribution in [0.25, 0.3) is 20.8 Å². The Morgan fingerprint density at radius 1 is 1.19 bits per heavy atom. The molecule has 1 saturated carbocycles. The summed E-state index contributed by atoms with van der Waals surface area (Å²) < 4.78 is 6.14. The fraction of sp³-hybridized carbons (Fsp3) is 0.250. The first-order valence-electron chi connectivity index (χ1n) is 8.52. The average Bonchev–Trinajstić information content (AvgIpc) is 3.40. The van der Waals surface area contributed by atoms with Crippen molar-refractivity contribution in [3.8, 4) is 10.6 Å². The molecule has 2 aromatic carbocycles. The van der Waals surface area contributed by atoms with E-state index in [0.29, 0.717) is 5.69 Å². The Balaban J connectivity index is 1.40. The van der Waals surface area contributed by atoms with Gasteiger partial charge in [0.25, 0.3) is 5.91 Å². The molecule has 6 heteroatoms. The number of carbonyl (C=O) groups excluding carboxylic acids is 2. The van der Waals surface area contributed by atoms with Crippen LogP contribution in [0.2, 0.25) is 0 Å². The van der Waals surface area contributed by atoms with E-state index in [0.717, 1.165) is 33.6 Å². The second-order valence-corrected chi connectivity index (χ2v) is 7.53. The lowest BCUT2D eigenvalue weighted by Crippen LogP contribution is -2.21. The minimum absolute atomic E-state index is 0.000296. The molecule has 1 amide bonds. The molecule has 3 aromatic rings. The summed E-state index contributed by atoms with van der Waals surface area (Å²) >= 11 is 1.65. The van der Waals surface area contributed by atoms with E-state index in [1.165, 1.54) is 5.56 Å². The van der Waals surface area contributed by atoms with Crippen molar-refractivity contribution in [1.82, 2.24) is 4.98 Å². The van der Waals surface area contributed by atoms with Crippen LogP contribution in [0.5, 0.6) is 0 Å². The summed E-state index contributed by atoms with van der Waals surface area (Å²) in [5.41, 5.74) is 3.87. The smallest absolute Gasteiger partial charge is 0.309 e. The van der Waals surface area contributed by atoms with Crippen LogP contribution < -0.4 is 5.32 Å². The Morgan fingerprint density at radius 2 is 1.96 bits per heavy atom. The summed E-state index contributed by atoms with van der Waals surface area (Å²) in [4.78, 5) is 28.0. The Morgan fingerprint density at radius 3 is 2.69 bits per heavy atom. The molecule has 26 heavy (non-hydrogen) atoms. The van der Waals surface area contributed by atoms with Crippen molar-refractivity contribution in [1.29, 1.82) is 0 Å². The quantitative estimate of drug-likeness (QED) is 0.688. The maximum absolute atomic E-state index is 11.9. The minimum atomic E-state index is -0.331. The molecule has 0 spiro atoms. The zero-order valence-corrected chi connectivity index (χ0v) is 15.1. The highest BCUT2D eigenvalue weighted by Crippen LogP contribution is 2.31. The third-order valence-electron chi connectivity index (χ3n) is 4.22. The molecule has 1 aliphatic rings. The minimum Gasteiger partial charge on any atom is -0.455 e. The van der Waals surface area contributed by atoms with Crippen LogP contribution in [-0.2, 0) is 14.3 Å². The summed E-state index contributed by atoms with van der Waals surface area (Å²) in [5.74, 6) is -0.608. The average molecular weight is 366 g/mol. The number of nitrogens with zero attached hydrogens (tertiary/aromatic N) is 1. The number of aromatic nitrogens is 1. The molecule has 1 heterocycles. The molecule has 1 N–H and O–H groups in total. The van der Waals surface area contributed by atoms with Crippen molar-refractivity contribution in [2.75, 3.05) is 11.9 Å². The Hall–Kier alpha value is -2.73. The van der Waals surface area contributed by atoms with Crippen LogP contribution in [0.15, 0.2) is 42.5 Å². The summed E-state index contributed by atoms with van der Waals surface area (Å²) in [7, 11) is 0. The van der Waals surface area contributed by atoms with Crippen LogP contribution >= 0.6 is 11.3 Å². The number of thiazole rings is 1. The van der Waals surface area contributed by atoms with E-state index in [9.17, 15) is 9.59 Å². The number of aryl methyl sites for hydroxylation is 1. The molecule has 0 atom stereocenters. The number of anilines is 1. The fourth-order valence-corrected chi connectivity index (χ4v) is 3.69. The lowest BCUT2D eigenvalue weighted by atomic mass is 10.2. The first-order valence-corrected chi connectivity index (χ1v) is 9.34. The SMILES string of the molecule is Cc1ccc2nc(-c3ccc(NC(=O)COC(=O)C4CC4)cc3)sc2c1. The van der Waals surface area contributed by atoms with E-state index in [2.05, 4.69) is 29.4 Å². The molecule has 0 unspecified atom stereocenters. The summed E-state index contributed by atoms with van der Waals surface area (Å²) in [6.07, 6.45) is 1.74. The van der Waals surface area contributed by atoms with E-state index >= 15 is 0 Å². The van der Waals surface area contributed by atoms with Crippen molar-refractivity contribution >= 4 is 39.1 Å². The van der Waals surface area contributed by atoms with Crippen LogP contribution in [0.1, 0.15) is 18.4 Å². The van der Waals surface area contributed by atoms with E-state index in [1.54, 1.807) is 11.3 Å². The third-order valence-corrected chi connectivity index (χ3v) is 5.28. The zero-order valence-electron chi connectivity index (χ0n) is 14.3. The van der Waals surface area contributed by atoms with Gasteiger partial charge in [-0.25, -0.2) is 4.98 Å². The van der Waals surface area contributed by atoms with Gasteiger partial charge in [0.15, 0.2) is 6.61 Å². The first kappa shape index (κ1) is 16.7. The number of hydrogen-bond donors (Lipinski definition) is 1. The van der Waals surface area contributed by atoms with Gasteiger partial charge in [-0.3, -0.25) is 9.59 Å². The van der Waals surface area contributed by atoms with Crippen molar-refractivity contribution in [2.45, 2.75) is 19.8 Å². The number of carbonyl (C=O) groups is 2. The van der Waals surface area contributed by atoms with E-state index in [4.69, 9.17) is 4.74 Å². The largest absolute Gasteiger partial charge is 0.455 e. The standard InChI is InChI=1S/C20H18N2O3S/c1-12-2-9-16-17(10-12)26-19(22-16)13-5-7-15(8-6-13)21-18(23)11-25-20(24)14-3-4-14/h2,5-10,14H,3-4,11H2,1H3,(H,21,23). The van der Waals surface area contributed by atoms with Gasteiger partial charge < -0.3 is 10.1 Å². The molecule has 1 aromatic heterocycles. The van der Waals surface area contributed by atoms with Gasteiger partial charge >= 0.3 is 5.97 Å². The van der Waals surface area contributed by atoms with Crippen molar-refractivity contribution in [2.24, 2.45) is 5.92 Å². The molecule has 1 fully saturated rings. The molecule has 0 radical (unpaired) electrons. The summed E-state index contributed by atoms with van der Waals surface area (Å²) in [5, 5.41) is 3.68. The number of fused-ring (bicyclic) bond motifs is 1. The van der Waals surface area contributed by atoms with Crippen LogP contribution in [0.4, 0.5) is 5.69 Å². The van der Waals surface area contributed by atoms with Crippen molar-refractivity contribution < 1.29 is 14.3 Å². The van der Waals surface area contributed by atoms with E-state index < -0.39 is 0 Å². The van der Waals surface area contributed by atoms with Gasteiger partial charge in [0.05, 0.1) is 16.1 Å². The highest BCUT2D eigenvalue weighted by Gasteiger charge is 2.31. The third kappa shape index (κ3) is 3.75. The molecule has 1 aliphatic carbocycles. The number of nitrogens with one attached hydrogen (secondary N) is 1. The van der Waals surface area contributed by atoms with E-state index in [-0.39, 0.29) is 24.4 Å². The molecule has 0 saturated heterocycles. The fourth-order valence-electron chi connectivity index (χ4n) is 2.62. The zero-order chi connectivity index (χ0) is 18.1. The topological polar surface area (TPSA) is 68.3 Å². The highest BCUT2D eigenvalue weighted by atomic mass is 32.1. The van der Waals surface area contributed by atoms with Crippen LogP contribution in [-0.4, -0.2) is 23.5 Å². The van der Waals surface area contributed by atoms with Crippen LogP contribution in [0.3, 0.4) is 0 Å². The van der Waals surface area contributed by atoms with Gasteiger partial charge in [-0.2, -0.15) is 0 Å². The summed E-state index contributed by atoms with van der Waals surface area (Å²) in [6.45, 7) is 1.83. The van der Waals surface area contributed by atoms with Gasteiger partial charge in [-0.15, -0.1) is 11.3 Å². The van der Waals surface area contributed by atoms with Gasteiger partial charge in [0, 0.05) is 11.3 Å². The number of rotatable bonds is 5. The maximum Gasteiger partial charge on any atom is 0.309 e. The molecule has 0 bridgehead atoms. The predicted octanol–water partition coefficient (Wildman–Crippen LogP) is 4.16. The molecular formula is C20H18N2O3S. The lowest BCUT2D eigenvalue weighted by molar-refractivity contribution is -0.148. The van der Waals surface area contributed by atoms with E-state index in [1.807, 2.05) is 30.3 Å². The first-order chi connectivity index (χ1) is 12.6. The molecule has 0 aliphatic heterocycles. The molecule has 132 valence electrons. The number of esters is 1. The van der Waals surface area contributed by atoms with Gasteiger partial charge in [-0.1, -0.05) is 6.07 Å². The monoisotopic (exact) mass is 366 g/mol. The lowest BCUT2D eigenvalue weighted by Gasteiger charge is -2.06. The molecule has 4 rings (SSSR count). The highest BCUT2D eigenvalue weighted by molar-refractivity contribution is 7.21. The van der Waals surface area contributed by atoms with Crippen LogP contribution in [0, 0.1) is 12.8 Å². The molecule has 5 nitrogen and oxygen atoms in total. The Labute approximate surface area is 155 Å². The summed E-state index contributed by atoms with van der Waals surface area (Å²) in [6, 6.07) is 13.7.